The van der Waals surface area contributed by atoms with Gasteiger partial charge in [0.15, 0.2) is 11.5 Å². The summed E-state index contributed by atoms with van der Waals surface area (Å²) in [5, 5.41) is 0. The molecule has 6 rings (SSSR count). The van der Waals surface area contributed by atoms with E-state index in [0.717, 1.165) is 48.3 Å². The SMILES string of the molecule is COc1ccc2c(c1OS(=O)(=O)c1ccccc1)CN1CCC3=C(CC(OC)C(OCc4ccccc4)=C3)C1C2. The third kappa shape index (κ3) is 5.14. The number of fused-ring (bicyclic) bond motifs is 3. The van der Waals surface area contributed by atoms with Crippen molar-refractivity contribution in [2.24, 2.45) is 0 Å². The molecule has 2 aliphatic heterocycles. The fraction of sp³-hybridized carbons (Fsp3) is 0.312. The van der Waals surface area contributed by atoms with Crippen molar-refractivity contribution < 1.29 is 26.8 Å². The lowest BCUT2D eigenvalue weighted by molar-refractivity contribution is 0.0498. The van der Waals surface area contributed by atoms with E-state index in [1.54, 1.807) is 31.4 Å². The first-order valence-corrected chi connectivity index (χ1v) is 14.9. The van der Waals surface area contributed by atoms with Crippen LogP contribution in [0.15, 0.2) is 101 Å². The fourth-order valence-corrected chi connectivity index (χ4v) is 6.94. The highest BCUT2D eigenvalue weighted by Crippen LogP contribution is 2.44. The highest BCUT2D eigenvalue weighted by Gasteiger charge is 2.39. The highest BCUT2D eigenvalue weighted by molar-refractivity contribution is 7.87. The second kappa shape index (κ2) is 11.1. The van der Waals surface area contributed by atoms with Gasteiger partial charge in [0.1, 0.15) is 23.4 Å². The van der Waals surface area contributed by atoms with Gasteiger partial charge in [-0.1, -0.05) is 54.6 Å². The van der Waals surface area contributed by atoms with Crippen molar-refractivity contribution in [1.29, 1.82) is 0 Å². The molecular weight excluding hydrogens is 526 g/mol. The van der Waals surface area contributed by atoms with Crippen LogP contribution in [0.25, 0.3) is 0 Å². The largest absolute Gasteiger partial charge is 0.493 e. The van der Waals surface area contributed by atoms with Crippen molar-refractivity contribution in [3.8, 4) is 11.5 Å². The summed E-state index contributed by atoms with van der Waals surface area (Å²) >= 11 is 0. The van der Waals surface area contributed by atoms with E-state index in [9.17, 15) is 8.42 Å². The summed E-state index contributed by atoms with van der Waals surface area (Å²) < 4.78 is 49.7. The molecule has 2 atom stereocenters. The molecule has 0 spiro atoms. The van der Waals surface area contributed by atoms with E-state index in [4.69, 9.17) is 18.4 Å². The van der Waals surface area contributed by atoms with Gasteiger partial charge in [0.25, 0.3) is 0 Å². The van der Waals surface area contributed by atoms with Crippen molar-refractivity contribution >= 4 is 10.1 Å². The molecule has 2 unspecified atom stereocenters. The Hall–Kier alpha value is -3.59. The maximum absolute atomic E-state index is 13.1. The standard InChI is InChI=1S/C32H33NO6S/c1-36-29-14-13-23-17-28-26-19-30(37-2)31(38-21-22-9-5-3-6-10-22)18-24(26)15-16-33(28)20-27(23)32(29)39-40(34,35)25-11-7-4-8-12-25/h3-14,18,28,30H,15-17,19-21H2,1-2H3. The number of hydrogen-bond donors (Lipinski definition) is 0. The molecule has 8 heteroatoms. The van der Waals surface area contributed by atoms with Crippen LogP contribution in [0.4, 0.5) is 0 Å². The van der Waals surface area contributed by atoms with Gasteiger partial charge in [0.2, 0.25) is 0 Å². The van der Waals surface area contributed by atoms with Crippen molar-refractivity contribution in [2.45, 2.75) is 49.5 Å². The summed E-state index contributed by atoms with van der Waals surface area (Å²) in [6.07, 6.45) is 4.44. The highest BCUT2D eigenvalue weighted by atomic mass is 32.2. The first-order chi connectivity index (χ1) is 19.5. The van der Waals surface area contributed by atoms with E-state index >= 15 is 0 Å². The number of hydrogen-bond acceptors (Lipinski definition) is 7. The average Bonchev–Trinajstić information content (AvgIpc) is 2.99. The molecule has 0 saturated heterocycles. The second-order valence-electron chi connectivity index (χ2n) is 10.3. The molecule has 0 radical (unpaired) electrons. The minimum Gasteiger partial charge on any atom is -0.493 e. The lowest BCUT2D eigenvalue weighted by Gasteiger charge is -2.44. The molecule has 0 amide bonds. The molecule has 1 aliphatic carbocycles. The molecule has 40 heavy (non-hydrogen) atoms. The Kier molecular flexibility index (Phi) is 7.40. The Labute approximate surface area is 235 Å². The maximum Gasteiger partial charge on any atom is 0.339 e. The van der Waals surface area contributed by atoms with Crippen LogP contribution in [0, 0.1) is 0 Å². The van der Waals surface area contributed by atoms with E-state index < -0.39 is 10.1 Å². The van der Waals surface area contributed by atoms with Gasteiger partial charge < -0.3 is 18.4 Å². The summed E-state index contributed by atoms with van der Waals surface area (Å²) in [6, 6.07) is 22.4. The van der Waals surface area contributed by atoms with Gasteiger partial charge >= 0.3 is 10.1 Å². The van der Waals surface area contributed by atoms with Gasteiger partial charge in [-0.25, -0.2) is 0 Å². The quantitative estimate of drug-likeness (QED) is 0.342. The molecule has 3 aliphatic rings. The maximum atomic E-state index is 13.1. The van der Waals surface area contributed by atoms with Gasteiger partial charge in [0.05, 0.1) is 7.11 Å². The number of methoxy groups -OCH3 is 2. The molecule has 3 aromatic carbocycles. The van der Waals surface area contributed by atoms with Crippen molar-refractivity contribution in [3.63, 3.8) is 0 Å². The zero-order chi connectivity index (χ0) is 27.7. The Balaban J connectivity index is 1.29. The van der Waals surface area contributed by atoms with Crippen molar-refractivity contribution in [3.05, 3.63) is 112 Å². The zero-order valence-corrected chi connectivity index (χ0v) is 23.5. The van der Waals surface area contributed by atoms with Gasteiger partial charge in [0, 0.05) is 38.2 Å². The predicted octanol–water partition coefficient (Wildman–Crippen LogP) is 5.41. The first kappa shape index (κ1) is 26.6. The summed E-state index contributed by atoms with van der Waals surface area (Å²) in [5.74, 6) is 1.56. The Morgan fingerprint density at radius 3 is 2.40 bits per heavy atom. The van der Waals surface area contributed by atoms with Crippen LogP contribution in [-0.2, 0) is 39.2 Å². The van der Waals surface area contributed by atoms with Crippen LogP contribution in [0.2, 0.25) is 0 Å². The number of ether oxygens (including phenoxy) is 3. The van der Waals surface area contributed by atoms with Gasteiger partial charge in [-0.3, -0.25) is 4.90 Å². The molecule has 7 nitrogen and oxygen atoms in total. The van der Waals surface area contributed by atoms with Crippen molar-refractivity contribution in [1.82, 2.24) is 4.90 Å². The molecule has 3 aromatic rings. The van der Waals surface area contributed by atoms with E-state index in [1.807, 2.05) is 24.3 Å². The fourth-order valence-electron chi connectivity index (χ4n) is 5.95. The summed E-state index contributed by atoms with van der Waals surface area (Å²) in [5.41, 5.74) is 5.74. The molecule has 2 heterocycles. The van der Waals surface area contributed by atoms with Gasteiger partial charge in [-0.05, 0) is 59.4 Å². The Morgan fingerprint density at radius 2 is 1.68 bits per heavy atom. The zero-order valence-electron chi connectivity index (χ0n) is 22.7. The number of nitrogens with zero attached hydrogens (tertiary/aromatic N) is 1. The first-order valence-electron chi connectivity index (χ1n) is 13.5. The second-order valence-corrected chi connectivity index (χ2v) is 11.9. The average molecular weight is 560 g/mol. The van der Waals surface area contributed by atoms with Crippen LogP contribution in [0.1, 0.15) is 29.5 Å². The smallest absolute Gasteiger partial charge is 0.339 e. The van der Waals surface area contributed by atoms with E-state index in [-0.39, 0.29) is 22.8 Å². The minimum absolute atomic E-state index is 0.112. The van der Waals surface area contributed by atoms with Crippen LogP contribution >= 0.6 is 0 Å². The van der Waals surface area contributed by atoms with Gasteiger partial charge in [-0.2, -0.15) is 8.42 Å². The van der Waals surface area contributed by atoms with Crippen LogP contribution in [0.5, 0.6) is 11.5 Å². The summed E-state index contributed by atoms with van der Waals surface area (Å²) in [6.45, 7) is 1.94. The monoisotopic (exact) mass is 559 g/mol. The molecule has 208 valence electrons. The summed E-state index contributed by atoms with van der Waals surface area (Å²) in [7, 11) is -0.753. The predicted molar refractivity (Wildman–Crippen MR) is 152 cm³/mol. The number of allylic oxidation sites excluding steroid dienone is 1. The van der Waals surface area contributed by atoms with E-state index in [0.29, 0.717) is 18.9 Å². The van der Waals surface area contributed by atoms with Gasteiger partial charge in [-0.15, -0.1) is 0 Å². The van der Waals surface area contributed by atoms with Crippen LogP contribution in [-0.4, -0.2) is 46.2 Å². The third-order valence-corrected chi connectivity index (χ3v) is 9.27. The number of benzene rings is 3. The van der Waals surface area contributed by atoms with E-state index in [2.05, 4.69) is 23.1 Å². The molecule has 0 aromatic heterocycles. The Bertz CT molecular complexity index is 1550. The van der Waals surface area contributed by atoms with Crippen LogP contribution < -0.4 is 8.92 Å². The number of rotatable bonds is 8. The van der Waals surface area contributed by atoms with E-state index in [1.165, 1.54) is 30.4 Å². The molecule has 0 bridgehead atoms. The lowest BCUT2D eigenvalue weighted by atomic mass is 9.79. The minimum atomic E-state index is -4.02. The lowest BCUT2D eigenvalue weighted by Crippen LogP contribution is -2.46. The molecular formula is C32H33NO6S. The molecule has 0 saturated carbocycles. The molecule has 0 fully saturated rings. The third-order valence-electron chi connectivity index (χ3n) is 8.04. The van der Waals surface area contributed by atoms with Crippen LogP contribution in [0.3, 0.4) is 0 Å². The topological polar surface area (TPSA) is 74.3 Å². The Morgan fingerprint density at radius 1 is 0.925 bits per heavy atom. The van der Waals surface area contributed by atoms with Crippen molar-refractivity contribution in [2.75, 3.05) is 20.8 Å². The summed E-state index contributed by atoms with van der Waals surface area (Å²) in [4.78, 5) is 2.53. The molecule has 0 N–H and O–H groups in total. The normalized spacial score (nSPS) is 20.6.